The van der Waals surface area contributed by atoms with Gasteiger partial charge in [-0.3, -0.25) is 9.97 Å². The van der Waals surface area contributed by atoms with E-state index < -0.39 is 0 Å². The van der Waals surface area contributed by atoms with Gasteiger partial charge in [0.1, 0.15) is 0 Å². The van der Waals surface area contributed by atoms with Gasteiger partial charge in [0.15, 0.2) is 0 Å². The second kappa shape index (κ2) is 3.40. The Morgan fingerprint density at radius 3 is 3.15 bits per heavy atom. The molecule has 13 heavy (non-hydrogen) atoms. The fourth-order valence-electron chi connectivity index (χ4n) is 1.56. The molecule has 0 aromatic carbocycles. The van der Waals surface area contributed by atoms with Crippen LogP contribution in [0.4, 0.5) is 0 Å². The van der Waals surface area contributed by atoms with Crippen molar-refractivity contribution in [2.45, 2.75) is 19.5 Å². The summed E-state index contributed by atoms with van der Waals surface area (Å²) in [5.41, 5.74) is 8.62. The molecule has 0 atom stereocenters. The van der Waals surface area contributed by atoms with E-state index in [9.17, 15) is 0 Å². The molecule has 0 unspecified atom stereocenters. The van der Waals surface area contributed by atoms with Crippen LogP contribution < -0.4 is 5.73 Å². The molecule has 0 spiro atoms. The fraction of sp³-hybridized carbons (Fsp3) is 0.556. The van der Waals surface area contributed by atoms with Gasteiger partial charge in [-0.25, -0.2) is 0 Å². The van der Waals surface area contributed by atoms with Gasteiger partial charge >= 0.3 is 0 Å². The average molecular weight is 178 g/mol. The molecule has 1 aromatic rings. The largest absolute Gasteiger partial charge is 0.325 e. The molecule has 1 aliphatic heterocycles. The highest BCUT2D eigenvalue weighted by Gasteiger charge is 2.15. The number of hydrogen-bond acceptors (Lipinski definition) is 4. The van der Waals surface area contributed by atoms with Gasteiger partial charge in [-0.05, 0) is 7.05 Å². The molecule has 1 aliphatic rings. The van der Waals surface area contributed by atoms with Crippen molar-refractivity contribution < 1.29 is 0 Å². The highest BCUT2D eigenvalue weighted by atomic mass is 15.1. The standard InChI is InChI=1S/C9H14N4/c1-13-3-2-8-9(6-13)11-5-7(4-10)12-8/h5H,2-4,6,10H2,1H3. The Morgan fingerprint density at radius 1 is 1.54 bits per heavy atom. The van der Waals surface area contributed by atoms with Crippen LogP contribution >= 0.6 is 0 Å². The summed E-state index contributed by atoms with van der Waals surface area (Å²) in [4.78, 5) is 11.1. The van der Waals surface area contributed by atoms with Crippen molar-refractivity contribution in [3.05, 3.63) is 23.3 Å². The lowest BCUT2D eigenvalue weighted by molar-refractivity contribution is 0.304. The van der Waals surface area contributed by atoms with Crippen LogP contribution in [0.15, 0.2) is 6.20 Å². The number of aromatic nitrogens is 2. The van der Waals surface area contributed by atoms with E-state index in [4.69, 9.17) is 5.73 Å². The highest BCUT2D eigenvalue weighted by molar-refractivity contribution is 5.16. The summed E-state index contributed by atoms with van der Waals surface area (Å²) in [6.07, 6.45) is 2.77. The zero-order chi connectivity index (χ0) is 9.26. The van der Waals surface area contributed by atoms with Crippen LogP contribution in [-0.2, 0) is 19.5 Å². The lowest BCUT2D eigenvalue weighted by Crippen LogP contribution is -2.28. The molecule has 70 valence electrons. The Balaban J connectivity index is 2.31. The van der Waals surface area contributed by atoms with Gasteiger partial charge in [-0.15, -0.1) is 0 Å². The van der Waals surface area contributed by atoms with Gasteiger partial charge in [-0.1, -0.05) is 0 Å². The molecule has 0 amide bonds. The van der Waals surface area contributed by atoms with Crippen LogP contribution in [0.5, 0.6) is 0 Å². The molecular weight excluding hydrogens is 164 g/mol. The first-order chi connectivity index (χ1) is 6.29. The third kappa shape index (κ3) is 1.68. The predicted octanol–water partition coefficient (Wildman–Crippen LogP) is -0.0768. The summed E-state index contributed by atoms with van der Waals surface area (Å²) >= 11 is 0. The fourth-order valence-corrected chi connectivity index (χ4v) is 1.56. The molecule has 0 fully saturated rings. The van der Waals surface area contributed by atoms with Crippen molar-refractivity contribution >= 4 is 0 Å². The lowest BCUT2D eigenvalue weighted by atomic mass is 10.1. The Morgan fingerprint density at radius 2 is 2.38 bits per heavy atom. The topological polar surface area (TPSA) is 55.0 Å². The molecule has 0 saturated heterocycles. The predicted molar refractivity (Wildman–Crippen MR) is 50.0 cm³/mol. The van der Waals surface area contributed by atoms with E-state index in [1.807, 2.05) is 0 Å². The molecule has 0 bridgehead atoms. The minimum Gasteiger partial charge on any atom is -0.325 e. The Hall–Kier alpha value is -1.00. The molecule has 4 nitrogen and oxygen atoms in total. The zero-order valence-corrected chi connectivity index (χ0v) is 7.82. The van der Waals surface area contributed by atoms with Crippen molar-refractivity contribution in [3.63, 3.8) is 0 Å². The molecule has 4 heteroatoms. The van der Waals surface area contributed by atoms with E-state index in [2.05, 4.69) is 21.9 Å². The van der Waals surface area contributed by atoms with Crippen molar-refractivity contribution in [1.29, 1.82) is 0 Å². The summed E-state index contributed by atoms with van der Waals surface area (Å²) in [5.74, 6) is 0. The molecule has 1 aromatic heterocycles. The SMILES string of the molecule is CN1CCc2nc(CN)cnc2C1. The van der Waals surface area contributed by atoms with Gasteiger partial charge < -0.3 is 10.6 Å². The van der Waals surface area contributed by atoms with Gasteiger partial charge in [0.2, 0.25) is 0 Å². The molecule has 2 rings (SSSR count). The maximum atomic E-state index is 5.50. The summed E-state index contributed by atoms with van der Waals surface area (Å²) in [7, 11) is 2.10. The number of fused-ring (bicyclic) bond motifs is 1. The van der Waals surface area contributed by atoms with Crippen LogP contribution in [0, 0.1) is 0 Å². The zero-order valence-electron chi connectivity index (χ0n) is 7.82. The normalized spacial score (nSPS) is 17.1. The molecule has 2 heterocycles. The number of nitrogens with zero attached hydrogens (tertiary/aromatic N) is 3. The van der Waals surface area contributed by atoms with Gasteiger partial charge in [0.25, 0.3) is 0 Å². The van der Waals surface area contributed by atoms with Gasteiger partial charge in [0.05, 0.1) is 23.3 Å². The van der Waals surface area contributed by atoms with Crippen LogP contribution in [0.25, 0.3) is 0 Å². The van der Waals surface area contributed by atoms with Crippen LogP contribution in [0.1, 0.15) is 17.1 Å². The van der Waals surface area contributed by atoms with Crippen molar-refractivity contribution in [2.75, 3.05) is 13.6 Å². The van der Waals surface area contributed by atoms with Gasteiger partial charge in [-0.2, -0.15) is 0 Å². The Bertz CT molecular complexity index is 310. The molecule has 0 radical (unpaired) electrons. The lowest BCUT2D eigenvalue weighted by Gasteiger charge is -2.23. The quantitative estimate of drug-likeness (QED) is 0.653. The summed E-state index contributed by atoms with van der Waals surface area (Å²) < 4.78 is 0. The average Bonchev–Trinajstić information content (AvgIpc) is 2.17. The van der Waals surface area contributed by atoms with Crippen LogP contribution in [-0.4, -0.2) is 28.5 Å². The van der Waals surface area contributed by atoms with Crippen LogP contribution in [0.2, 0.25) is 0 Å². The van der Waals surface area contributed by atoms with Crippen LogP contribution in [0.3, 0.4) is 0 Å². The summed E-state index contributed by atoms with van der Waals surface area (Å²) in [6, 6.07) is 0. The number of likely N-dealkylation sites (N-methyl/N-ethyl adjacent to an activating group) is 1. The van der Waals surface area contributed by atoms with Crippen molar-refractivity contribution in [3.8, 4) is 0 Å². The maximum absolute atomic E-state index is 5.50. The minimum atomic E-state index is 0.482. The minimum absolute atomic E-state index is 0.482. The Kier molecular flexibility index (Phi) is 2.24. The molecular formula is C9H14N4. The molecule has 2 N–H and O–H groups in total. The second-order valence-electron chi connectivity index (χ2n) is 3.45. The van der Waals surface area contributed by atoms with Crippen molar-refractivity contribution in [2.24, 2.45) is 5.73 Å². The number of hydrogen-bond donors (Lipinski definition) is 1. The third-order valence-electron chi connectivity index (χ3n) is 2.34. The van der Waals surface area contributed by atoms with E-state index in [1.165, 1.54) is 0 Å². The first-order valence-electron chi connectivity index (χ1n) is 4.52. The first-order valence-corrected chi connectivity index (χ1v) is 4.52. The van der Waals surface area contributed by atoms with Crippen molar-refractivity contribution in [1.82, 2.24) is 14.9 Å². The monoisotopic (exact) mass is 178 g/mol. The van der Waals surface area contributed by atoms with E-state index >= 15 is 0 Å². The Labute approximate surface area is 77.8 Å². The number of nitrogens with two attached hydrogens (primary N) is 1. The third-order valence-corrected chi connectivity index (χ3v) is 2.34. The van der Waals surface area contributed by atoms with E-state index in [0.29, 0.717) is 6.54 Å². The number of rotatable bonds is 1. The van der Waals surface area contributed by atoms with E-state index in [-0.39, 0.29) is 0 Å². The highest BCUT2D eigenvalue weighted by Crippen LogP contribution is 2.13. The smallest absolute Gasteiger partial charge is 0.0759 e. The summed E-state index contributed by atoms with van der Waals surface area (Å²) in [5, 5.41) is 0. The first kappa shape index (κ1) is 8.59. The second-order valence-corrected chi connectivity index (χ2v) is 3.45. The molecule has 0 saturated carbocycles. The van der Waals surface area contributed by atoms with E-state index in [1.54, 1.807) is 6.20 Å². The maximum Gasteiger partial charge on any atom is 0.0759 e. The van der Waals surface area contributed by atoms with Gasteiger partial charge in [0, 0.05) is 26.1 Å². The molecule has 0 aliphatic carbocycles. The summed E-state index contributed by atoms with van der Waals surface area (Å²) in [6.45, 7) is 2.46. The van der Waals surface area contributed by atoms with E-state index in [0.717, 1.165) is 36.6 Å².